The van der Waals surface area contributed by atoms with Crippen LogP contribution in [-0.4, -0.2) is 34.5 Å². The number of hydrogen-bond donors (Lipinski definition) is 3. The molecule has 0 saturated heterocycles. The zero-order chi connectivity index (χ0) is 28.4. The molecule has 2 aromatic carbocycles. The summed E-state index contributed by atoms with van der Waals surface area (Å²) < 4.78 is 43.8. The quantitative estimate of drug-likeness (QED) is 0.260. The normalized spacial score (nSPS) is 21.2. The Morgan fingerprint density at radius 1 is 1.10 bits per heavy atom. The van der Waals surface area contributed by atoms with Gasteiger partial charge in [-0.2, -0.15) is 18.4 Å². The minimum atomic E-state index is -5.36. The molecular weight excluding hydrogens is 594 g/mol. The number of amides is 1. The van der Waals surface area contributed by atoms with Gasteiger partial charge in [0.15, 0.2) is 5.78 Å². The van der Waals surface area contributed by atoms with Crippen LogP contribution in [0.5, 0.6) is 0 Å². The molecule has 0 aliphatic carbocycles. The molecule has 0 radical (unpaired) electrons. The van der Waals surface area contributed by atoms with Crippen LogP contribution in [0, 0.1) is 17.2 Å². The first-order valence-corrected chi connectivity index (χ1v) is 13.8. The number of aliphatic hydroxyl groups is 1. The molecule has 4 rings (SSSR count). The Kier molecular flexibility index (Phi) is 8.63. The molecule has 0 unspecified atom stereocenters. The maximum atomic E-state index is 14.6. The van der Waals surface area contributed by atoms with Gasteiger partial charge in [-0.15, -0.1) is 11.3 Å². The fourth-order valence-electron chi connectivity index (χ4n) is 4.21. The van der Waals surface area contributed by atoms with Crippen LogP contribution in [0.1, 0.15) is 21.2 Å². The second-order valence-electron chi connectivity index (χ2n) is 8.38. The van der Waals surface area contributed by atoms with Crippen LogP contribution in [0.3, 0.4) is 0 Å². The fourth-order valence-corrected chi connectivity index (χ4v) is 6.25. The second kappa shape index (κ2) is 11.6. The van der Waals surface area contributed by atoms with Gasteiger partial charge in [-0.1, -0.05) is 71.4 Å². The highest BCUT2D eigenvalue weighted by atomic mass is 35.5. The topological polar surface area (TPSA) is 102 Å². The molecule has 0 saturated carbocycles. The number of nitrogens with zero attached hydrogens (tertiary/aromatic N) is 1. The van der Waals surface area contributed by atoms with E-state index in [0.717, 1.165) is 11.3 Å². The van der Waals surface area contributed by atoms with Crippen molar-refractivity contribution in [3.05, 3.63) is 97.1 Å². The molecule has 202 valence electrons. The second-order valence-corrected chi connectivity index (χ2v) is 11.1. The van der Waals surface area contributed by atoms with E-state index in [1.165, 1.54) is 35.7 Å². The van der Waals surface area contributed by atoms with Crippen molar-refractivity contribution in [2.24, 2.45) is 5.92 Å². The van der Waals surface area contributed by atoms with Gasteiger partial charge in [0.1, 0.15) is 0 Å². The number of para-hydroxylation sites is 1. The lowest BCUT2D eigenvalue weighted by atomic mass is 9.70. The molecule has 1 aliphatic heterocycles. The van der Waals surface area contributed by atoms with Crippen molar-refractivity contribution in [2.75, 3.05) is 11.1 Å². The number of nitrogens with one attached hydrogen (secondary N) is 2. The number of ketones is 1. The average Bonchev–Trinajstić information content (AvgIpc) is 3.43. The summed E-state index contributed by atoms with van der Waals surface area (Å²) in [6, 6.07) is 17.0. The fraction of sp³-hybridized carbons (Fsp3) is 0.192. The van der Waals surface area contributed by atoms with E-state index >= 15 is 0 Å². The van der Waals surface area contributed by atoms with Crippen LogP contribution >= 0.6 is 46.3 Å². The van der Waals surface area contributed by atoms with Gasteiger partial charge in [0.05, 0.1) is 43.9 Å². The number of rotatable bonds is 7. The van der Waals surface area contributed by atoms with Gasteiger partial charge in [0, 0.05) is 10.9 Å². The number of allylic oxidation sites excluding steroid dienone is 1. The van der Waals surface area contributed by atoms with E-state index < -0.39 is 46.2 Å². The van der Waals surface area contributed by atoms with Crippen LogP contribution in [-0.2, 0) is 4.79 Å². The number of thiophene rings is 1. The van der Waals surface area contributed by atoms with E-state index in [-0.39, 0.29) is 26.1 Å². The van der Waals surface area contributed by atoms with Crippen LogP contribution in [0.4, 0.5) is 18.9 Å². The summed E-state index contributed by atoms with van der Waals surface area (Å²) in [5.74, 6) is -5.87. The Bertz CT molecular complexity index is 1470. The molecule has 0 bridgehead atoms. The zero-order valence-corrected chi connectivity index (χ0v) is 22.8. The molecule has 0 fully saturated rings. The third-order valence-corrected chi connectivity index (χ3v) is 8.55. The van der Waals surface area contributed by atoms with Gasteiger partial charge >= 0.3 is 6.18 Å². The summed E-state index contributed by atoms with van der Waals surface area (Å²) in [6.07, 6.45) is -5.36. The molecule has 1 aliphatic rings. The Labute approximate surface area is 239 Å². The maximum absolute atomic E-state index is 14.6. The summed E-state index contributed by atoms with van der Waals surface area (Å²) in [7, 11) is 0. The number of halogens is 5. The lowest BCUT2D eigenvalue weighted by molar-refractivity contribution is -0.285. The number of benzene rings is 2. The Morgan fingerprint density at radius 2 is 1.77 bits per heavy atom. The number of anilines is 1. The van der Waals surface area contributed by atoms with Crippen molar-refractivity contribution in [2.45, 2.75) is 17.8 Å². The lowest BCUT2D eigenvalue weighted by Crippen LogP contribution is -2.66. The van der Waals surface area contributed by atoms with Crippen LogP contribution in [0.15, 0.2) is 76.6 Å². The van der Waals surface area contributed by atoms with Crippen molar-refractivity contribution in [3.63, 3.8) is 0 Å². The van der Waals surface area contributed by atoms with Crippen molar-refractivity contribution in [1.82, 2.24) is 5.32 Å². The molecule has 3 atom stereocenters. The molecule has 2 heterocycles. The van der Waals surface area contributed by atoms with Crippen molar-refractivity contribution in [1.29, 1.82) is 5.26 Å². The van der Waals surface area contributed by atoms with Crippen molar-refractivity contribution in [3.8, 4) is 6.07 Å². The monoisotopic (exact) mass is 611 g/mol. The van der Waals surface area contributed by atoms with E-state index in [0.29, 0.717) is 17.4 Å². The molecule has 3 aromatic rings. The highest BCUT2D eigenvalue weighted by Gasteiger charge is 2.66. The highest BCUT2D eigenvalue weighted by Crippen LogP contribution is 2.52. The van der Waals surface area contributed by atoms with Gasteiger partial charge in [0.2, 0.25) is 11.6 Å². The predicted molar refractivity (Wildman–Crippen MR) is 146 cm³/mol. The van der Waals surface area contributed by atoms with Gasteiger partial charge in [-0.05, 0) is 35.2 Å². The molecule has 1 aromatic heterocycles. The number of hydrogen-bond acceptors (Lipinski definition) is 7. The largest absolute Gasteiger partial charge is 0.437 e. The van der Waals surface area contributed by atoms with Crippen molar-refractivity contribution < 1.29 is 27.9 Å². The number of thioether (sulfide) groups is 1. The summed E-state index contributed by atoms with van der Waals surface area (Å²) in [4.78, 5) is 26.1. The molecule has 0 spiro atoms. The molecule has 13 heteroatoms. The standard InChI is InChI=1S/C26H18Cl2F3N3O3S2/c27-16-7-2-1-6-14(16)21-15(12-32)24(39-13-20(35)33-18-9-4-3-8-17(18)28)34-25(37,26(29,30)31)22(21)23(36)19-10-5-11-38-19/h1-11,21-22,34,37H,13H2,(H,33,35)/t21-,22+,25-/m1/s1. The van der Waals surface area contributed by atoms with E-state index in [1.54, 1.807) is 30.3 Å². The van der Waals surface area contributed by atoms with E-state index in [1.807, 2.05) is 11.4 Å². The highest BCUT2D eigenvalue weighted by molar-refractivity contribution is 8.03. The van der Waals surface area contributed by atoms with E-state index in [2.05, 4.69) is 5.32 Å². The lowest BCUT2D eigenvalue weighted by Gasteiger charge is -2.45. The van der Waals surface area contributed by atoms with Crippen LogP contribution in [0.25, 0.3) is 0 Å². The summed E-state index contributed by atoms with van der Waals surface area (Å²) in [6.45, 7) is 0. The van der Waals surface area contributed by atoms with Crippen LogP contribution in [0.2, 0.25) is 10.0 Å². The summed E-state index contributed by atoms with van der Waals surface area (Å²) in [5, 5.41) is 27.2. The number of alkyl halides is 3. The number of carbonyl (C=O) groups is 2. The smallest absolute Gasteiger partial charge is 0.363 e. The molecule has 3 N–H and O–H groups in total. The SMILES string of the molecule is N#CC1=C(SCC(=O)Nc2ccccc2Cl)N[C@](O)(C(F)(F)F)[C@H](C(=O)c2cccs2)[C@@H]1c1ccccc1Cl. The van der Waals surface area contributed by atoms with Crippen molar-refractivity contribution >= 4 is 63.7 Å². The number of Topliss-reactive ketones (excluding diaryl/α,β-unsaturated/α-hetero) is 1. The maximum Gasteiger partial charge on any atom is 0.437 e. The third kappa shape index (κ3) is 5.81. The van der Waals surface area contributed by atoms with E-state index in [9.17, 15) is 33.1 Å². The minimum Gasteiger partial charge on any atom is -0.363 e. The summed E-state index contributed by atoms with van der Waals surface area (Å²) >= 11 is 13.9. The van der Waals surface area contributed by atoms with Gasteiger partial charge in [-0.25, -0.2) is 0 Å². The first kappa shape index (κ1) is 29.0. The van der Waals surface area contributed by atoms with Gasteiger partial charge < -0.3 is 15.7 Å². The Balaban J connectivity index is 1.81. The minimum absolute atomic E-state index is 0.00599. The number of nitriles is 1. The molecular formula is C26H18Cl2F3N3O3S2. The number of carbonyl (C=O) groups excluding carboxylic acids is 2. The third-order valence-electron chi connectivity index (χ3n) is 5.98. The van der Waals surface area contributed by atoms with E-state index in [4.69, 9.17) is 23.2 Å². The Hall–Kier alpha value is -3.01. The van der Waals surface area contributed by atoms with Gasteiger partial charge in [0.25, 0.3) is 0 Å². The predicted octanol–water partition coefficient (Wildman–Crippen LogP) is 6.60. The van der Waals surface area contributed by atoms with Gasteiger partial charge in [-0.3, -0.25) is 9.59 Å². The first-order chi connectivity index (χ1) is 18.5. The molecule has 1 amide bonds. The summed E-state index contributed by atoms with van der Waals surface area (Å²) in [5.41, 5.74) is -3.73. The molecule has 39 heavy (non-hydrogen) atoms. The van der Waals surface area contributed by atoms with Crippen LogP contribution < -0.4 is 10.6 Å². The average molecular weight is 612 g/mol. The Morgan fingerprint density at radius 3 is 2.36 bits per heavy atom. The zero-order valence-electron chi connectivity index (χ0n) is 19.6. The molecule has 6 nitrogen and oxygen atoms in total. The first-order valence-electron chi connectivity index (χ1n) is 11.2.